The number of hydrogen-bond acceptors (Lipinski definition) is 4. The molecule has 0 radical (unpaired) electrons. The second kappa shape index (κ2) is 8.74. The van der Waals surface area contributed by atoms with Crippen molar-refractivity contribution in [1.29, 1.82) is 0 Å². The molecule has 5 nitrogen and oxygen atoms in total. The Bertz CT molecular complexity index is 648. The number of carbonyl (C=O) groups is 1. The van der Waals surface area contributed by atoms with Crippen LogP contribution in [0.1, 0.15) is 24.3 Å². The van der Waals surface area contributed by atoms with Crippen LogP contribution in [-0.4, -0.2) is 29.1 Å². The number of nitrogens with zero attached hydrogens (tertiary/aromatic N) is 2. The Morgan fingerprint density at radius 1 is 1.39 bits per heavy atom. The molecule has 0 unspecified atom stereocenters. The quantitative estimate of drug-likeness (QED) is 0.820. The summed E-state index contributed by atoms with van der Waals surface area (Å²) in [4.78, 5) is 19.3. The smallest absolute Gasteiger partial charge is 0.317 e. The van der Waals surface area contributed by atoms with Gasteiger partial charge in [0.05, 0.1) is 17.5 Å². The number of thiophene rings is 1. The van der Waals surface area contributed by atoms with E-state index in [1.807, 2.05) is 38.1 Å². The molecule has 2 amide bonds. The van der Waals surface area contributed by atoms with Crippen LogP contribution in [0.3, 0.4) is 0 Å². The molecule has 0 bridgehead atoms. The number of pyridine rings is 1. The molecule has 2 heterocycles. The van der Waals surface area contributed by atoms with Crippen LogP contribution in [0.15, 0.2) is 30.5 Å². The Balaban J connectivity index is 1.94. The molecule has 0 aliphatic carbocycles. The zero-order valence-electron chi connectivity index (χ0n) is 13.2. The third kappa shape index (κ3) is 5.11. The van der Waals surface area contributed by atoms with Gasteiger partial charge in [-0.2, -0.15) is 0 Å². The predicted octanol–water partition coefficient (Wildman–Crippen LogP) is 3.93. The fourth-order valence-electron chi connectivity index (χ4n) is 2.06. The highest BCUT2D eigenvalue weighted by Gasteiger charge is 2.14. The van der Waals surface area contributed by atoms with Crippen molar-refractivity contribution in [1.82, 2.24) is 15.2 Å². The molecule has 2 rings (SSSR count). The molecule has 0 spiro atoms. The van der Waals surface area contributed by atoms with Gasteiger partial charge in [-0.05, 0) is 32.0 Å². The lowest BCUT2D eigenvalue weighted by Crippen LogP contribution is -2.38. The number of hydrogen-bond donors (Lipinski definition) is 1. The largest absolute Gasteiger partial charge is 0.478 e. The molecule has 2 aromatic heterocycles. The SMILES string of the molecule is CCOc1ncccc1CNC(=O)N(CC)Cc1ccc(Cl)s1. The molecule has 0 saturated heterocycles. The second-order valence-corrected chi connectivity index (χ2v) is 6.58. The summed E-state index contributed by atoms with van der Waals surface area (Å²) in [6, 6.07) is 7.39. The molecule has 0 atom stereocenters. The number of halogens is 1. The Morgan fingerprint density at radius 3 is 2.87 bits per heavy atom. The number of rotatable bonds is 7. The molecule has 0 aromatic carbocycles. The molecule has 0 aliphatic heterocycles. The first kappa shape index (κ1) is 17.6. The number of nitrogens with one attached hydrogen (secondary N) is 1. The lowest BCUT2D eigenvalue weighted by molar-refractivity contribution is 0.198. The first-order valence-electron chi connectivity index (χ1n) is 7.47. The number of ether oxygens (including phenoxy) is 1. The maximum Gasteiger partial charge on any atom is 0.317 e. The molecule has 7 heteroatoms. The van der Waals surface area contributed by atoms with E-state index in [1.54, 1.807) is 11.1 Å². The van der Waals surface area contributed by atoms with E-state index in [4.69, 9.17) is 16.3 Å². The lowest BCUT2D eigenvalue weighted by Gasteiger charge is -2.21. The number of amides is 2. The monoisotopic (exact) mass is 353 g/mol. The average Bonchev–Trinajstić information content (AvgIpc) is 2.97. The molecule has 1 N–H and O–H groups in total. The molecule has 0 saturated carbocycles. The third-order valence-corrected chi connectivity index (χ3v) is 4.42. The van der Waals surface area contributed by atoms with Crippen LogP contribution in [0.2, 0.25) is 4.34 Å². The van der Waals surface area contributed by atoms with Crippen LogP contribution in [0.25, 0.3) is 0 Å². The zero-order chi connectivity index (χ0) is 16.7. The maximum atomic E-state index is 12.4. The molecular formula is C16H20ClN3O2S. The van der Waals surface area contributed by atoms with Crippen molar-refractivity contribution in [3.63, 3.8) is 0 Å². The summed E-state index contributed by atoms with van der Waals surface area (Å²) in [5.41, 5.74) is 0.859. The summed E-state index contributed by atoms with van der Waals surface area (Å²) >= 11 is 7.42. The van der Waals surface area contributed by atoms with E-state index in [0.717, 1.165) is 14.8 Å². The summed E-state index contributed by atoms with van der Waals surface area (Å²) < 4.78 is 6.20. The lowest BCUT2D eigenvalue weighted by atomic mass is 10.2. The molecule has 0 fully saturated rings. The maximum absolute atomic E-state index is 12.4. The van der Waals surface area contributed by atoms with Gasteiger partial charge in [0.2, 0.25) is 5.88 Å². The van der Waals surface area contributed by atoms with Gasteiger partial charge >= 0.3 is 6.03 Å². The fraction of sp³-hybridized carbons (Fsp3) is 0.375. The van der Waals surface area contributed by atoms with Gasteiger partial charge in [-0.1, -0.05) is 17.7 Å². The number of carbonyl (C=O) groups excluding carboxylic acids is 1. The minimum atomic E-state index is -0.122. The van der Waals surface area contributed by atoms with Crippen molar-refractivity contribution >= 4 is 29.0 Å². The second-order valence-electron chi connectivity index (χ2n) is 4.78. The highest BCUT2D eigenvalue weighted by molar-refractivity contribution is 7.16. The zero-order valence-corrected chi connectivity index (χ0v) is 14.8. The minimum Gasteiger partial charge on any atom is -0.478 e. The minimum absolute atomic E-state index is 0.122. The van der Waals surface area contributed by atoms with Gasteiger partial charge in [0.25, 0.3) is 0 Å². The predicted molar refractivity (Wildman–Crippen MR) is 93.1 cm³/mol. The van der Waals surface area contributed by atoms with Crippen molar-refractivity contribution in [3.05, 3.63) is 45.2 Å². The van der Waals surface area contributed by atoms with E-state index < -0.39 is 0 Å². The topological polar surface area (TPSA) is 54.5 Å². The van der Waals surface area contributed by atoms with Crippen molar-refractivity contribution in [2.75, 3.05) is 13.2 Å². The summed E-state index contributed by atoms with van der Waals surface area (Å²) in [7, 11) is 0. The molecule has 23 heavy (non-hydrogen) atoms. The first-order valence-corrected chi connectivity index (χ1v) is 8.67. The van der Waals surface area contributed by atoms with Crippen molar-refractivity contribution < 1.29 is 9.53 Å². The number of aromatic nitrogens is 1. The van der Waals surface area contributed by atoms with Gasteiger partial charge < -0.3 is 15.0 Å². The Kier molecular flexibility index (Phi) is 6.67. The Morgan fingerprint density at radius 2 is 2.22 bits per heavy atom. The molecule has 0 aliphatic rings. The molecule has 124 valence electrons. The van der Waals surface area contributed by atoms with Gasteiger partial charge in [-0.25, -0.2) is 9.78 Å². The van der Waals surface area contributed by atoms with Gasteiger partial charge in [0, 0.05) is 29.7 Å². The van der Waals surface area contributed by atoms with Crippen LogP contribution < -0.4 is 10.1 Å². The highest BCUT2D eigenvalue weighted by atomic mass is 35.5. The van der Waals surface area contributed by atoms with Gasteiger partial charge in [0.15, 0.2) is 0 Å². The van der Waals surface area contributed by atoms with Crippen LogP contribution in [0, 0.1) is 0 Å². The van der Waals surface area contributed by atoms with E-state index in [2.05, 4.69) is 10.3 Å². The van der Waals surface area contributed by atoms with Gasteiger partial charge in [-0.15, -0.1) is 11.3 Å². The average molecular weight is 354 g/mol. The first-order chi connectivity index (χ1) is 11.1. The van der Waals surface area contributed by atoms with Crippen LogP contribution in [-0.2, 0) is 13.1 Å². The van der Waals surface area contributed by atoms with E-state index in [1.165, 1.54) is 11.3 Å². The highest BCUT2D eigenvalue weighted by Crippen LogP contribution is 2.22. The van der Waals surface area contributed by atoms with Crippen LogP contribution in [0.5, 0.6) is 5.88 Å². The van der Waals surface area contributed by atoms with Crippen LogP contribution >= 0.6 is 22.9 Å². The molecule has 2 aromatic rings. The van der Waals surface area contributed by atoms with E-state index in [0.29, 0.717) is 32.1 Å². The fourth-order valence-corrected chi connectivity index (χ4v) is 3.16. The number of urea groups is 1. The van der Waals surface area contributed by atoms with Gasteiger partial charge in [-0.3, -0.25) is 0 Å². The Labute approximate surface area is 145 Å². The summed E-state index contributed by atoms with van der Waals surface area (Å²) in [5.74, 6) is 0.559. The molecular weight excluding hydrogens is 334 g/mol. The third-order valence-electron chi connectivity index (χ3n) is 3.21. The van der Waals surface area contributed by atoms with Crippen molar-refractivity contribution in [2.24, 2.45) is 0 Å². The normalized spacial score (nSPS) is 10.4. The summed E-state index contributed by atoms with van der Waals surface area (Å²) in [6.45, 7) is 5.94. The van der Waals surface area contributed by atoms with E-state index in [9.17, 15) is 4.79 Å². The summed E-state index contributed by atoms with van der Waals surface area (Å²) in [5, 5.41) is 2.91. The summed E-state index contributed by atoms with van der Waals surface area (Å²) in [6.07, 6.45) is 1.68. The van der Waals surface area contributed by atoms with E-state index in [-0.39, 0.29) is 6.03 Å². The van der Waals surface area contributed by atoms with Crippen molar-refractivity contribution in [3.8, 4) is 5.88 Å². The van der Waals surface area contributed by atoms with Crippen LogP contribution in [0.4, 0.5) is 4.79 Å². The van der Waals surface area contributed by atoms with Crippen molar-refractivity contribution in [2.45, 2.75) is 26.9 Å². The van der Waals surface area contributed by atoms with E-state index >= 15 is 0 Å². The Hall–Kier alpha value is -1.79. The standard InChI is InChI=1S/C16H20ClN3O2S/c1-3-20(11-13-7-8-14(17)23-13)16(21)19-10-12-6-5-9-18-15(12)22-4-2/h5-9H,3-4,10-11H2,1-2H3,(H,19,21). The van der Waals surface area contributed by atoms with Gasteiger partial charge in [0.1, 0.15) is 0 Å².